The Labute approximate surface area is 146 Å². The predicted molar refractivity (Wildman–Crippen MR) is 87.4 cm³/mol. The highest BCUT2D eigenvalue weighted by Gasteiger charge is 2.25. The van der Waals surface area contributed by atoms with Crippen molar-refractivity contribution in [3.8, 4) is 0 Å². The average molecular weight is 391 g/mol. The standard InChI is InChI=1S/C14H17NO8S2/c1-25(20,21)11-4-5-13(12(7-11)15(17)18)24(19)9-14(16)23-8-10-3-2-6-22-10/h4-5,7,10H,2-3,6,8-9H2,1H3. The van der Waals surface area contributed by atoms with Gasteiger partial charge in [-0.2, -0.15) is 0 Å². The highest BCUT2D eigenvalue weighted by atomic mass is 32.2. The zero-order chi connectivity index (χ0) is 18.6. The molecule has 0 bridgehead atoms. The molecule has 1 aromatic carbocycles. The van der Waals surface area contributed by atoms with Gasteiger partial charge in [-0.15, -0.1) is 0 Å². The van der Waals surface area contributed by atoms with E-state index in [4.69, 9.17) is 9.47 Å². The summed E-state index contributed by atoms with van der Waals surface area (Å²) < 4.78 is 45.5. The van der Waals surface area contributed by atoms with E-state index in [1.807, 2.05) is 0 Å². The topological polar surface area (TPSA) is 130 Å². The summed E-state index contributed by atoms with van der Waals surface area (Å²) in [6, 6.07) is 3.03. The summed E-state index contributed by atoms with van der Waals surface area (Å²) >= 11 is 0. The molecule has 1 aliphatic rings. The molecule has 2 rings (SSSR count). The van der Waals surface area contributed by atoms with Crippen LogP contribution in [0.15, 0.2) is 28.0 Å². The lowest BCUT2D eigenvalue weighted by Gasteiger charge is -2.10. The number of hydrogen-bond acceptors (Lipinski definition) is 8. The van der Waals surface area contributed by atoms with Crippen LogP contribution >= 0.6 is 0 Å². The minimum atomic E-state index is -3.65. The molecule has 0 N–H and O–H groups in total. The fourth-order valence-electron chi connectivity index (χ4n) is 2.25. The van der Waals surface area contributed by atoms with Crippen molar-refractivity contribution in [1.29, 1.82) is 0 Å². The number of benzene rings is 1. The Morgan fingerprint density at radius 3 is 2.76 bits per heavy atom. The van der Waals surface area contributed by atoms with Crippen molar-refractivity contribution in [2.45, 2.75) is 28.7 Å². The van der Waals surface area contributed by atoms with Crippen molar-refractivity contribution in [1.82, 2.24) is 0 Å². The normalized spacial score (nSPS) is 18.7. The van der Waals surface area contributed by atoms with E-state index in [2.05, 4.69) is 0 Å². The van der Waals surface area contributed by atoms with E-state index in [0.29, 0.717) is 6.61 Å². The molecule has 0 radical (unpaired) electrons. The van der Waals surface area contributed by atoms with Gasteiger partial charge in [0.2, 0.25) is 0 Å². The number of carbonyl (C=O) groups excluding carboxylic acids is 1. The maximum absolute atomic E-state index is 12.3. The van der Waals surface area contributed by atoms with Crippen molar-refractivity contribution < 1.29 is 31.8 Å². The van der Waals surface area contributed by atoms with Gasteiger partial charge in [-0.25, -0.2) is 8.42 Å². The largest absolute Gasteiger partial charge is 0.462 e. The van der Waals surface area contributed by atoms with Crippen LogP contribution in [0.4, 0.5) is 5.69 Å². The first-order valence-corrected chi connectivity index (χ1v) is 10.5. The maximum Gasteiger partial charge on any atom is 0.319 e. The summed E-state index contributed by atoms with van der Waals surface area (Å²) in [7, 11) is -5.69. The van der Waals surface area contributed by atoms with Crippen LogP contribution in [0.1, 0.15) is 12.8 Å². The number of carbonyl (C=O) groups is 1. The number of ether oxygens (including phenoxy) is 2. The first kappa shape index (κ1) is 19.5. The number of nitro groups is 1. The molecular formula is C14H17NO8S2. The van der Waals surface area contributed by atoms with Crippen molar-refractivity contribution in [3.05, 3.63) is 28.3 Å². The van der Waals surface area contributed by atoms with Gasteiger partial charge < -0.3 is 9.47 Å². The number of nitro benzene ring substituents is 1. The zero-order valence-corrected chi connectivity index (χ0v) is 15.0. The molecule has 0 spiro atoms. The Balaban J connectivity index is 2.09. The molecule has 2 unspecified atom stereocenters. The summed E-state index contributed by atoms with van der Waals surface area (Å²) in [5.74, 6) is -1.33. The second-order valence-corrected chi connectivity index (χ2v) is 8.90. The lowest BCUT2D eigenvalue weighted by molar-refractivity contribution is -0.388. The Bertz CT molecular complexity index is 799. The predicted octanol–water partition coefficient (Wildman–Crippen LogP) is 0.828. The minimum Gasteiger partial charge on any atom is -0.462 e. The van der Waals surface area contributed by atoms with Crippen LogP contribution in [0.25, 0.3) is 0 Å². The maximum atomic E-state index is 12.3. The molecular weight excluding hydrogens is 374 g/mol. The molecule has 1 aromatic rings. The lowest BCUT2D eigenvalue weighted by atomic mass is 10.2. The van der Waals surface area contributed by atoms with Gasteiger partial charge >= 0.3 is 5.97 Å². The fraction of sp³-hybridized carbons (Fsp3) is 0.500. The molecule has 138 valence electrons. The van der Waals surface area contributed by atoms with Gasteiger partial charge in [0.25, 0.3) is 5.69 Å². The summed E-state index contributed by atoms with van der Waals surface area (Å²) in [5.41, 5.74) is -0.617. The lowest BCUT2D eigenvalue weighted by Crippen LogP contribution is -2.21. The van der Waals surface area contributed by atoms with Gasteiger partial charge in [0.05, 0.1) is 26.7 Å². The van der Waals surface area contributed by atoms with Gasteiger partial charge in [-0.05, 0) is 25.0 Å². The molecule has 9 nitrogen and oxygen atoms in total. The monoisotopic (exact) mass is 391 g/mol. The summed E-state index contributed by atoms with van der Waals surface area (Å²) in [6.45, 7) is 0.651. The quantitative estimate of drug-likeness (QED) is 0.379. The number of esters is 1. The molecule has 1 fully saturated rings. The van der Waals surface area contributed by atoms with E-state index >= 15 is 0 Å². The van der Waals surface area contributed by atoms with Crippen LogP contribution in [-0.4, -0.2) is 54.8 Å². The number of sulfone groups is 1. The Hall–Kier alpha value is -1.85. The van der Waals surface area contributed by atoms with Crippen LogP contribution in [0.2, 0.25) is 0 Å². The summed E-state index contributed by atoms with van der Waals surface area (Å²) in [6.07, 6.45) is 2.38. The average Bonchev–Trinajstić information content (AvgIpc) is 3.04. The van der Waals surface area contributed by atoms with Crippen LogP contribution in [0.3, 0.4) is 0 Å². The molecule has 11 heteroatoms. The van der Waals surface area contributed by atoms with Crippen molar-refractivity contribution in [2.24, 2.45) is 0 Å². The van der Waals surface area contributed by atoms with E-state index in [0.717, 1.165) is 37.3 Å². The molecule has 1 aliphatic heterocycles. The van der Waals surface area contributed by atoms with Crippen molar-refractivity contribution >= 4 is 32.3 Å². The van der Waals surface area contributed by atoms with E-state index in [1.54, 1.807) is 0 Å². The Kier molecular flexibility index (Phi) is 6.25. The minimum absolute atomic E-state index is 0.0468. The Morgan fingerprint density at radius 1 is 1.48 bits per heavy atom. The van der Waals surface area contributed by atoms with Crippen LogP contribution in [0.5, 0.6) is 0 Å². The van der Waals surface area contributed by atoms with Gasteiger partial charge in [0.15, 0.2) is 9.84 Å². The molecule has 0 aliphatic carbocycles. The third kappa shape index (κ3) is 5.31. The number of rotatable bonds is 7. The van der Waals surface area contributed by atoms with Crippen LogP contribution < -0.4 is 0 Å². The molecule has 0 aromatic heterocycles. The first-order valence-electron chi connectivity index (χ1n) is 7.32. The molecule has 1 saturated heterocycles. The third-order valence-corrected chi connectivity index (χ3v) is 5.95. The van der Waals surface area contributed by atoms with E-state index in [1.165, 1.54) is 0 Å². The third-order valence-electron chi connectivity index (χ3n) is 3.50. The second kappa shape index (κ2) is 8.02. The molecule has 1 heterocycles. The number of hydrogen-bond donors (Lipinski definition) is 0. The molecule has 2 atom stereocenters. The molecule has 25 heavy (non-hydrogen) atoms. The smallest absolute Gasteiger partial charge is 0.319 e. The van der Waals surface area contributed by atoms with Gasteiger partial charge in [-0.3, -0.25) is 19.1 Å². The summed E-state index contributed by atoms with van der Waals surface area (Å²) in [5, 5.41) is 11.1. The molecule has 0 saturated carbocycles. The van der Waals surface area contributed by atoms with Crippen molar-refractivity contribution in [3.63, 3.8) is 0 Å². The fourth-order valence-corrected chi connectivity index (χ4v) is 3.93. The van der Waals surface area contributed by atoms with Crippen molar-refractivity contribution in [2.75, 3.05) is 25.2 Å². The first-order chi connectivity index (χ1) is 11.7. The van der Waals surface area contributed by atoms with Gasteiger partial charge in [0, 0.05) is 18.9 Å². The van der Waals surface area contributed by atoms with Gasteiger partial charge in [0.1, 0.15) is 17.3 Å². The SMILES string of the molecule is CS(=O)(=O)c1ccc(S(=O)CC(=O)OCC2CCCO2)c([N+](=O)[O-])c1. The van der Waals surface area contributed by atoms with E-state index in [9.17, 15) is 27.5 Å². The number of nitrogens with zero attached hydrogens (tertiary/aromatic N) is 1. The highest BCUT2D eigenvalue weighted by molar-refractivity contribution is 7.90. The van der Waals surface area contributed by atoms with E-state index in [-0.39, 0.29) is 22.5 Å². The summed E-state index contributed by atoms with van der Waals surface area (Å²) in [4.78, 5) is 21.6. The highest BCUT2D eigenvalue weighted by Crippen LogP contribution is 2.26. The second-order valence-electron chi connectivity index (χ2n) is 5.47. The van der Waals surface area contributed by atoms with Gasteiger partial charge in [-0.1, -0.05) is 0 Å². The van der Waals surface area contributed by atoms with Crippen LogP contribution in [0, 0.1) is 10.1 Å². The van der Waals surface area contributed by atoms with E-state index < -0.39 is 43.0 Å². The van der Waals surface area contributed by atoms with Crippen LogP contribution in [-0.2, 0) is 34.9 Å². The Morgan fingerprint density at radius 2 is 2.20 bits per heavy atom. The zero-order valence-electron chi connectivity index (χ0n) is 13.4. The molecule has 0 amide bonds.